The lowest BCUT2D eigenvalue weighted by Gasteiger charge is -2.06. The summed E-state index contributed by atoms with van der Waals surface area (Å²) >= 11 is 0. The third-order valence-electron chi connectivity index (χ3n) is 5.07. The molecular formula is C21H19N5O. The average Bonchev–Trinajstić information content (AvgIpc) is 3.20. The number of H-pyrrole nitrogens is 2. The predicted molar refractivity (Wildman–Crippen MR) is 104 cm³/mol. The Hall–Kier alpha value is -3.41. The molecular weight excluding hydrogens is 338 g/mol. The zero-order chi connectivity index (χ0) is 18.2. The topological polar surface area (TPSA) is 86.5 Å². The lowest BCUT2D eigenvalue weighted by atomic mass is 10.0. The number of aromatic nitrogens is 4. The number of nitrogens with zero attached hydrogens (tertiary/aromatic N) is 2. The lowest BCUT2D eigenvalue weighted by Crippen LogP contribution is -2.25. The molecule has 1 amide bonds. The zero-order valence-corrected chi connectivity index (χ0v) is 14.7. The summed E-state index contributed by atoms with van der Waals surface area (Å²) in [7, 11) is 0. The van der Waals surface area contributed by atoms with Gasteiger partial charge in [-0.3, -0.25) is 9.89 Å². The summed E-state index contributed by atoms with van der Waals surface area (Å²) in [6.07, 6.45) is 9.91. The molecule has 1 saturated carbocycles. The van der Waals surface area contributed by atoms with Crippen molar-refractivity contribution in [3.8, 4) is 22.3 Å². The van der Waals surface area contributed by atoms with E-state index in [9.17, 15) is 4.79 Å². The third kappa shape index (κ3) is 3.10. The molecule has 3 N–H and O–H groups in total. The van der Waals surface area contributed by atoms with Crippen molar-refractivity contribution in [2.75, 3.05) is 6.54 Å². The van der Waals surface area contributed by atoms with E-state index in [4.69, 9.17) is 0 Å². The van der Waals surface area contributed by atoms with Crippen LogP contribution in [0.2, 0.25) is 0 Å². The highest BCUT2D eigenvalue weighted by Crippen LogP contribution is 2.30. The van der Waals surface area contributed by atoms with Crippen LogP contribution in [0.3, 0.4) is 0 Å². The minimum atomic E-state index is -0.00472. The molecule has 4 aromatic rings. The van der Waals surface area contributed by atoms with Gasteiger partial charge in [-0.25, -0.2) is 4.98 Å². The highest BCUT2D eigenvalue weighted by molar-refractivity contribution is 5.96. The lowest BCUT2D eigenvalue weighted by molar-refractivity contribution is 0.0952. The fraction of sp³-hybridized carbons (Fsp3) is 0.190. The van der Waals surface area contributed by atoms with Gasteiger partial charge in [0.1, 0.15) is 5.65 Å². The fourth-order valence-electron chi connectivity index (χ4n) is 3.27. The maximum Gasteiger partial charge on any atom is 0.251 e. The summed E-state index contributed by atoms with van der Waals surface area (Å²) in [5.41, 5.74) is 5.64. The monoisotopic (exact) mass is 357 g/mol. The summed E-state index contributed by atoms with van der Waals surface area (Å²) in [6, 6.07) is 9.80. The third-order valence-corrected chi connectivity index (χ3v) is 5.07. The molecule has 27 heavy (non-hydrogen) atoms. The van der Waals surface area contributed by atoms with Crippen molar-refractivity contribution in [1.82, 2.24) is 25.5 Å². The molecule has 0 atom stereocenters. The number of amides is 1. The van der Waals surface area contributed by atoms with Crippen LogP contribution in [0, 0.1) is 5.92 Å². The van der Waals surface area contributed by atoms with Crippen LogP contribution in [0.1, 0.15) is 23.2 Å². The first-order valence-corrected chi connectivity index (χ1v) is 9.13. The van der Waals surface area contributed by atoms with Crippen molar-refractivity contribution in [2.45, 2.75) is 12.8 Å². The Balaban J connectivity index is 1.42. The Morgan fingerprint density at radius 3 is 2.67 bits per heavy atom. The van der Waals surface area contributed by atoms with E-state index in [-0.39, 0.29) is 5.91 Å². The summed E-state index contributed by atoms with van der Waals surface area (Å²) in [4.78, 5) is 19.9. The Kier molecular flexibility index (Phi) is 3.74. The smallest absolute Gasteiger partial charge is 0.251 e. The molecule has 1 aliphatic rings. The minimum absolute atomic E-state index is 0.00472. The fourth-order valence-corrected chi connectivity index (χ4v) is 3.27. The van der Waals surface area contributed by atoms with Crippen molar-refractivity contribution >= 4 is 16.9 Å². The number of benzene rings is 1. The number of pyridine rings is 1. The van der Waals surface area contributed by atoms with E-state index < -0.39 is 0 Å². The first-order valence-electron chi connectivity index (χ1n) is 9.13. The van der Waals surface area contributed by atoms with Gasteiger partial charge < -0.3 is 10.3 Å². The van der Waals surface area contributed by atoms with Gasteiger partial charge in [0.05, 0.1) is 6.20 Å². The maximum absolute atomic E-state index is 12.2. The highest BCUT2D eigenvalue weighted by Gasteiger charge is 2.21. The number of carbonyl (C=O) groups is 1. The second-order valence-corrected chi connectivity index (χ2v) is 7.04. The van der Waals surface area contributed by atoms with E-state index in [1.165, 1.54) is 12.8 Å². The first-order chi connectivity index (χ1) is 13.3. The molecule has 1 fully saturated rings. The largest absolute Gasteiger partial charge is 0.352 e. The number of rotatable bonds is 5. The van der Waals surface area contributed by atoms with Crippen LogP contribution in [0.15, 0.2) is 55.1 Å². The number of hydrogen-bond donors (Lipinski definition) is 3. The Morgan fingerprint density at radius 1 is 1.07 bits per heavy atom. The van der Waals surface area contributed by atoms with Crippen molar-refractivity contribution in [3.05, 3.63) is 60.7 Å². The summed E-state index contributed by atoms with van der Waals surface area (Å²) < 4.78 is 0. The van der Waals surface area contributed by atoms with Crippen LogP contribution in [0.4, 0.5) is 0 Å². The van der Waals surface area contributed by atoms with Gasteiger partial charge >= 0.3 is 0 Å². The van der Waals surface area contributed by atoms with Crippen LogP contribution in [-0.4, -0.2) is 32.6 Å². The molecule has 3 aromatic heterocycles. The van der Waals surface area contributed by atoms with Gasteiger partial charge in [-0.15, -0.1) is 0 Å². The molecule has 134 valence electrons. The van der Waals surface area contributed by atoms with Crippen LogP contribution in [0.5, 0.6) is 0 Å². The van der Waals surface area contributed by atoms with E-state index in [0.717, 1.165) is 39.8 Å². The van der Waals surface area contributed by atoms with E-state index in [2.05, 4.69) is 31.5 Å². The molecule has 5 rings (SSSR count). The molecule has 0 spiro atoms. The second kappa shape index (κ2) is 6.39. The standard InChI is InChI=1S/C21H19N5O/c27-21(24-8-13-1-2-13)15-5-3-14(4-6-15)16-7-18-19(17-10-25-26-11-17)12-23-20(18)22-9-16/h3-7,9-13H,1-2,8H2,(H,22,23)(H,24,27)(H,25,26). The van der Waals surface area contributed by atoms with Gasteiger partial charge in [0.25, 0.3) is 5.91 Å². The number of aromatic amines is 2. The molecule has 0 radical (unpaired) electrons. The summed E-state index contributed by atoms with van der Waals surface area (Å²) in [6.45, 7) is 0.783. The van der Waals surface area contributed by atoms with Crippen LogP contribution < -0.4 is 5.32 Å². The average molecular weight is 357 g/mol. The molecule has 0 bridgehead atoms. The van der Waals surface area contributed by atoms with Gasteiger partial charge in [-0.2, -0.15) is 5.10 Å². The Morgan fingerprint density at radius 2 is 1.93 bits per heavy atom. The Labute approximate surface area is 156 Å². The van der Waals surface area contributed by atoms with Crippen molar-refractivity contribution in [2.24, 2.45) is 5.92 Å². The van der Waals surface area contributed by atoms with Crippen molar-refractivity contribution < 1.29 is 4.79 Å². The molecule has 0 saturated heterocycles. The van der Waals surface area contributed by atoms with E-state index in [1.807, 2.05) is 42.9 Å². The van der Waals surface area contributed by atoms with Crippen LogP contribution in [0.25, 0.3) is 33.3 Å². The number of hydrogen-bond acceptors (Lipinski definition) is 3. The first kappa shape index (κ1) is 15.8. The molecule has 1 aliphatic carbocycles. The second-order valence-electron chi connectivity index (χ2n) is 7.04. The minimum Gasteiger partial charge on any atom is -0.352 e. The quantitative estimate of drug-likeness (QED) is 0.508. The summed E-state index contributed by atoms with van der Waals surface area (Å²) in [5.74, 6) is 0.673. The van der Waals surface area contributed by atoms with Gasteiger partial charge in [-0.1, -0.05) is 12.1 Å². The molecule has 1 aromatic carbocycles. The van der Waals surface area contributed by atoms with Crippen molar-refractivity contribution in [3.63, 3.8) is 0 Å². The van der Waals surface area contributed by atoms with E-state index in [0.29, 0.717) is 11.5 Å². The maximum atomic E-state index is 12.2. The SMILES string of the molecule is O=C(NCC1CC1)c1ccc(-c2cnc3[nH]cc(-c4cn[nH]c4)c3c2)cc1. The molecule has 0 aliphatic heterocycles. The zero-order valence-electron chi connectivity index (χ0n) is 14.7. The molecule has 3 heterocycles. The normalized spacial score (nSPS) is 13.8. The number of nitrogens with one attached hydrogen (secondary N) is 3. The predicted octanol–water partition coefficient (Wildman–Crippen LogP) is 3.76. The van der Waals surface area contributed by atoms with Crippen LogP contribution >= 0.6 is 0 Å². The van der Waals surface area contributed by atoms with Gasteiger partial charge in [0, 0.05) is 52.8 Å². The molecule has 0 unspecified atom stereocenters. The number of fused-ring (bicyclic) bond motifs is 1. The van der Waals surface area contributed by atoms with Crippen LogP contribution in [-0.2, 0) is 0 Å². The van der Waals surface area contributed by atoms with E-state index in [1.54, 1.807) is 6.20 Å². The van der Waals surface area contributed by atoms with Gasteiger partial charge in [-0.05, 0) is 42.5 Å². The van der Waals surface area contributed by atoms with Crippen molar-refractivity contribution in [1.29, 1.82) is 0 Å². The van der Waals surface area contributed by atoms with E-state index >= 15 is 0 Å². The summed E-state index contributed by atoms with van der Waals surface area (Å²) in [5, 5.41) is 10.9. The van der Waals surface area contributed by atoms with Gasteiger partial charge in [0.15, 0.2) is 0 Å². The molecule has 6 nitrogen and oxygen atoms in total. The van der Waals surface area contributed by atoms with Gasteiger partial charge in [0.2, 0.25) is 0 Å². The highest BCUT2D eigenvalue weighted by atomic mass is 16.1. The molecule has 6 heteroatoms. The number of carbonyl (C=O) groups excluding carboxylic acids is 1. The Bertz CT molecular complexity index is 1090.